The summed E-state index contributed by atoms with van der Waals surface area (Å²) in [5, 5.41) is 7.62. The molecular weight excluding hydrogens is 226 g/mol. The number of nitrogens with zero attached hydrogens (tertiary/aromatic N) is 2. The zero-order valence-electron chi connectivity index (χ0n) is 11.1. The molecule has 0 spiro atoms. The summed E-state index contributed by atoms with van der Waals surface area (Å²) in [7, 11) is 1.69. The van der Waals surface area contributed by atoms with E-state index in [1.165, 1.54) is 11.1 Å². The lowest BCUT2D eigenvalue weighted by molar-refractivity contribution is 0.416. The van der Waals surface area contributed by atoms with Gasteiger partial charge in [-0.2, -0.15) is 5.10 Å². The molecule has 1 aromatic heterocycles. The van der Waals surface area contributed by atoms with E-state index in [4.69, 9.17) is 4.74 Å². The molecule has 1 heterocycles. The first kappa shape index (κ1) is 12.5. The number of aromatic nitrogens is 2. The minimum absolute atomic E-state index is 0.749. The van der Waals surface area contributed by atoms with Crippen molar-refractivity contribution in [3.8, 4) is 5.75 Å². The SMILES string of the molecule is CCn1cc(CNc2ccc(C)cc2OC)cn1. The Morgan fingerprint density at radius 3 is 2.89 bits per heavy atom. The van der Waals surface area contributed by atoms with E-state index in [9.17, 15) is 0 Å². The molecular formula is C14H19N3O. The summed E-state index contributed by atoms with van der Waals surface area (Å²) >= 11 is 0. The Labute approximate surface area is 108 Å². The molecule has 18 heavy (non-hydrogen) atoms. The highest BCUT2D eigenvalue weighted by Crippen LogP contribution is 2.25. The molecule has 0 aliphatic rings. The zero-order chi connectivity index (χ0) is 13.0. The fraction of sp³-hybridized carbons (Fsp3) is 0.357. The van der Waals surface area contributed by atoms with E-state index in [1.807, 2.05) is 29.2 Å². The summed E-state index contributed by atoms with van der Waals surface area (Å²) < 4.78 is 7.28. The van der Waals surface area contributed by atoms with Crippen LogP contribution < -0.4 is 10.1 Å². The van der Waals surface area contributed by atoms with Crippen molar-refractivity contribution in [1.29, 1.82) is 0 Å². The second kappa shape index (κ2) is 5.58. The molecule has 1 aromatic carbocycles. The normalized spacial score (nSPS) is 10.4. The van der Waals surface area contributed by atoms with Gasteiger partial charge in [0.1, 0.15) is 5.75 Å². The molecule has 0 bridgehead atoms. The van der Waals surface area contributed by atoms with Gasteiger partial charge >= 0.3 is 0 Å². The average molecular weight is 245 g/mol. The molecule has 0 atom stereocenters. The number of aryl methyl sites for hydroxylation is 2. The molecule has 0 aliphatic carbocycles. The van der Waals surface area contributed by atoms with Crippen LogP contribution in [0, 0.1) is 6.92 Å². The highest BCUT2D eigenvalue weighted by molar-refractivity contribution is 5.57. The molecule has 0 amide bonds. The minimum Gasteiger partial charge on any atom is -0.495 e. The number of rotatable bonds is 5. The van der Waals surface area contributed by atoms with Gasteiger partial charge in [-0.25, -0.2) is 0 Å². The summed E-state index contributed by atoms with van der Waals surface area (Å²) in [5.41, 5.74) is 3.36. The van der Waals surface area contributed by atoms with Gasteiger partial charge in [-0.3, -0.25) is 4.68 Å². The summed E-state index contributed by atoms with van der Waals surface area (Å²) in [5.74, 6) is 0.873. The first-order chi connectivity index (χ1) is 8.72. The standard InChI is InChI=1S/C14H19N3O/c1-4-17-10-12(9-16-17)8-15-13-6-5-11(2)7-14(13)18-3/h5-7,9-10,15H,4,8H2,1-3H3. The van der Waals surface area contributed by atoms with Crippen molar-refractivity contribution in [3.63, 3.8) is 0 Å². The third-order valence-corrected chi connectivity index (χ3v) is 2.85. The van der Waals surface area contributed by atoms with Gasteiger partial charge in [0.25, 0.3) is 0 Å². The van der Waals surface area contributed by atoms with E-state index >= 15 is 0 Å². The Balaban J connectivity index is 2.05. The lowest BCUT2D eigenvalue weighted by Crippen LogP contribution is -2.01. The fourth-order valence-corrected chi connectivity index (χ4v) is 1.81. The summed E-state index contributed by atoms with van der Waals surface area (Å²) in [6.07, 6.45) is 3.94. The topological polar surface area (TPSA) is 39.1 Å². The molecule has 0 saturated carbocycles. The Morgan fingerprint density at radius 1 is 1.39 bits per heavy atom. The van der Waals surface area contributed by atoms with Crippen LogP contribution in [-0.4, -0.2) is 16.9 Å². The number of hydrogen-bond acceptors (Lipinski definition) is 3. The van der Waals surface area contributed by atoms with Gasteiger partial charge in [-0.05, 0) is 31.5 Å². The Kier molecular flexibility index (Phi) is 3.87. The highest BCUT2D eigenvalue weighted by atomic mass is 16.5. The van der Waals surface area contributed by atoms with Crippen LogP contribution in [0.3, 0.4) is 0 Å². The van der Waals surface area contributed by atoms with E-state index < -0.39 is 0 Å². The molecule has 0 aliphatic heterocycles. The second-order valence-electron chi connectivity index (χ2n) is 4.26. The average Bonchev–Trinajstić information content (AvgIpc) is 2.85. The second-order valence-corrected chi connectivity index (χ2v) is 4.26. The fourth-order valence-electron chi connectivity index (χ4n) is 1.81. The van der Waals surface area contributed by atoms with Gasteiger partial charge in [0.15, 0.2) is 0 Å². The van der Waals surface area contributed by atoms with E-state index in [0.29, 0.717) is 0 Å². The van der Waals surface area contributed by atoms with Gasteiger partial charge in [0.2, 0.25) is 0 Å². The molecule has 4 nitrogen and oxygen atoms in total. The van der Waals surface area contributed by atoms with Crippen molar-refractivity contribution in [2.24, 2.45) is 0 Å². The van der Waals surface area contributed by atoms with Crippen LogP contribution in [0.5, 0.6) is 5.75 Å². The number of benzene rings is 1. The highest BCUT2D eigenvalue weighted by Gasteiger charge is 2.03. The van der Waals surface area contributed by atoms with Crippen molar-refractivity contribution in [2.45, 2.75) is 26.9 Å². The predicted octanol–water partition coefficient (Wildman–Crippen LogP) is 2.83. The molecule has 4 heteroatoms. The molecule has 1 N–H and O–H groups in total. The molecule has 2 aromatic rings. The quantitative estimate of drug-likeness (QED) is 0.880. The van der Waals surface area contributed by atoms with Gasteiger partial charge in [0.05, 0.1) is 19.0 Å². The molecule has 0 saturated heterocycles. The summed E-state index contributed by atoms with van der Waals surface area (Å²) in [6, 6.07) is 6.14. The molecule has 0 radical (unpaired) electrons. The number of ether oxygens (including phenoxy) is 1. The third kappa shape index (κ3) is 2.83. The van der Waals surface area contributed by atoms with Crippen LogP contribution >= 0.6 is 0 Å². The van der Waals surface area contributed by atoms with Gasteiger partial charge < -0.3 is 10.1 Å². The predicted molar refractivity (Wildman–Crippen MR) is 73.0 cm³/mol. The lowest BCUT2D eigenvalue weighted by Gasteiger charge is -2.11. The van der Waals surface area contributed by atoms with E-state index in [1.54, 1.807) is 7.11 Å². The monoisotopic (exact) mass is 245 g/mol. The van der Waals surface area contributed by atoms with Gasteiger partial charge in [-0.1, -0.05) is 6.07 Å². The Bertz CT molecular complexity index is 520. The maximum Gasteiger partial charge on any atom is 0.142 e. The summed E-state index contributed by atoms with van der Waals surface area (Å²) in [4.78, 5) is 0. The van der Waals surface area contributed by atoms with E-state index in [2.05, 4.69) is 30.3 Å². The largest absolute Gasteiger partial charge is 0.495 e. The number of hydrogen-bond donors (Lipinski definition) is 1. The van der Waals surface area contributed by atoms with Crippen LogP contribution in [0.4, 0.5) is 5.69 Å². The lowest BCUT2D eigenvalue weighted by atomic mass is 10.2. The zero-order valence-corrected chi connectivity index (χ0v) is 11.1. The molecule has 96 valence electrons. The first-order valence-electron chi connectivity index (χ1n) is 6.12. The molecule has 2 rings (SSSR count). The molecule has 0 fully saturated rings. The number of nitrogens with one attached hydrogen (secondary N) is 1. The Hall–Kier alpha value is -1.97. The maximum atomic E-state index is 5.36. The van der Waals surface area contributed by atoms with Crippen molar-refractivity contribution in [2.75, 3.05) is 12.4 Å². The van der Waals surface area contributed by atoms with Crippen LogP contribution in [0.2, 0.25) is 0 Å². The number of methoxy groups -OCH3 is 1. The number of anilines is 1. The first-order valence-corrected chi connectivity index (χ1v) is 6.12. The Morgan fingerprint density at radius 2 is 2.22 bits per heavy atom. The van der Waals surface area contributed by atoms with Gasteiger partial charge in [-0.15, -0.1) is 0 Å². The maximum absolute atomic E-state index is 5.36. The third-order valence-electron chi connectivity index (χ3n) is 2.85. The minimum atomic E-state index is 0.749. The van der Waals surface area contributed by atoms with Gasteiger partial charge in [0, 0.05) is 24.8 Å². The summed E-state index contributed by atoms with van der Waals surface area (Å²) in [6.45, 7) is 5.78. The van der Waals surface area contributed by atoms with Crippen LogP contribution in [0.15, 0.2) is 30.6 Å². The van der Waals surface area contributed by atoms with Crippen LogP contribution in [0.25, 0.3) is 0 Å². The van der Waals surface area contributed by atoms with Crippen molar-refractivity contribution in [1.82, 2.24) is 9.78 Å². The van der Waals surface area contributed by atoms with Crippen molar-refractivity contribution < 1.29 is 4.74 Å². The van der Waals surface area contributed by atoms with Crippen LogP contribution in [-0.2, 0) is 13.1 Å². The molecule has 0 unspecified atom stereocenters. The van der Waals surface area contributed by atoms with Crippen LogP contribution in [0.1, 0.15) is 18.1 Å². The smallest absolute Gasteiger partial charge is 0.142 e. The van der Waals surface area contributed by atoms with E-state index in [-0.39, 0.29) is 0 Å². The van der Waals surface area contributed by atoms with Crippen molar-refractivity contribution in [3.05, 3.63) is 41.7 Å². The van der Waals surface area contributed by atoms with Crippen molar-refractivity contribution >= 4 is 5.69 Å². The van der Waals surface area contributed by atoms with E-state index in [0.717, 1.165) is 24.5 Å².